The summed E-state index contributed by atoms with van der Waals surface area (Å²) in [4.78, 5) is 0. The molecule has 2 saturated heterocycles. The molecule has 2 aliphatic heterocycles. The second kappa shape index (κ2) is 7.10. The van der Waals surface area contributed by atoms with Gasteiger partial charge in [-0.25, -0.2) is 0 Å². The van der Waals surface area contributed by atoms with Crippen LogP contribution in [0.2, 0.25) is 5.02 Å². The SMILES string of the molecule is CCOc1ccc(Cc2cc([C@]34C[C@@H](O)C[C@](C)(CO3)O4)ccc2Cl)cc1. The number of hydrogen-bond acceptors (Lipinski definition) is 4. The van der Waals surface area contributed by atoms with Crippen LogP contribution in [-0.4, -0.2) is 30.0 Å². The van der Waals surface area contributed by atoms with E-state index in [0.29, 0.717) is 37.5 Å². The number of aliphatic hydroxyl groups is 1. The van der Waals surface area contributed by atoms with E-state index < -0.39 is 17.5 Å². The van der Waals surface area contributed by atoms with Gasteiger partial charge < -0.3 is 19.3 Å². The average molecular weight is 389 g/mol. The Kier molecular flexibility index (Phi) is 4.93. The summed E-state index contributed by atoms with van der Waals surface area (Å²) in [6, 6.07) is 13.9. The molecule has 0 spiro atoms. The summed E-state index contributed by atoms with van der Waals surface area (Å²) < 4.78 is 17.8. The molecule has 2 aromatic rings. The lowest BCUT2D eigenvalue weighted by Gasteiger charge is -2.38. The van der Waals surface area contributed by atoms with E-state index in [2.05, 4.69) is 12.1 Å². The van der Waals surface area contributed by atoms with Gasteiger partial charge in [-0.3, -0.25) is 0 Å². The summed E-state index contributed by atoms with van der Waals surface area (Å²) in [6.07, 6.45) is 1.31. The number of hydrogen-bond donors (Lipinski definition) is 1. The molecule has 4 nitrogen and oxygen atoms in total. The largest absolute Gasteiger partial charge is 0.494 e. The summed E-state index contributed by atoms with van der Waals surface area (Å²) in [5.74, 6) is -0.0203. The molecule has 4 rings (SSSR count). The van der Waals surface area contributed by atoms with Crippen LogP contribution in [0.15, 0.2) is 42.5 Å². The lowest BCUT2D eigenvalue weighted by atomic mass is 9.88. The zero-order valence-corrected chi connectivity index (χ0v) is 16.5. The highest BCUT2D eigenvalue weighted by Gasteiger charge is 2.55. The number of halogens is 1. The molecule has 27 heavy (non-hydrogen) atoms. The normalized spacial score (nSPS) is 29.7. The molecule has 2 bridgehead atoms. The molecule has 1 N–H and O–H groups in total. The Hall–Kier alpha value is -1.59. The molecular weight excluding hydrogens is 364 g/mol. The number of rotatable bonds is 5. The van der Waals surface area contributed by atoms with Crippen molar-refractivity contribution < 1.29 is 19.3 Å². The highest BCUT2D eigenvalue weighted by Crippen LogP contribution is 2.49. The van der Waals surface area contributed by atoms with Gasteiger partial charge in [0.25, 0.3) is 0 Å². The van der Waals surface area contributed by atoms with E-state index in [1.165, 1.54) is 0 Å². The predicted octanol–water partition coefficient (Wildman–Crippen LogP) is 4.44. The van der Waals surface area contributed by atoms with Crippen LogP contribution in [0.25, 0.3) is 0 Å². The topological polar surface area (TPSA) is 47.9 Å². The minimum Gasteiger partial charge on any atom is -0.494 e. The third-order valence-electron chi connectivity index (χ3n) is 5.31. The molecule has 144 valence electrons. The van der Waals surface area contributed by atoms with Crippen molar-refractivity contribution in [3.63, 3.8) is 0 Å². The Bertz CT molecular complexity index is 822. The van der Waals surface area contributed by atoms with Crippen molar-refractivity contribution in [2.24, 2.45) is 0 Å². The Morgan fingerprint density at radius 3 is 2.70 bits per heavy atom. The molecule has 2 fully saturated rings. The molecule has 2 heterocycles. The maximum Gasteiger partial charge on any atom is 0.198 e. The fourth-order valence-electron chi connectivity index (χ4n) is 4.11. The van der Waals surface area contributed by atoms with Crippen LogP contribution < -0.4 is 4.74 Å². The van der Waals surface area contributed by atoms with E-state index in [1.807, 2.05) is 44.2 Å². The molecule has 0 aliphatic carbocycles. The second-order valence-corrected chi connectivity index (χ2v) is 8.12. The lowest BCUT2D eigenvalue weighted by Crippen LogP contribution is -2.44. The van der Waals surface area contributed by atoms with Crippen molar-refractivity contribution in [3.8, 4) is 5.75 Å². The third-order valence-corrected chi connectivity index (χ3v) is 5.68. The molecule has 0 unspecified atom stereocenters. The number of fused-ring (bicyclic) bond motifs is 2. The van der Waals surface area contributed by atoms with E-state index in [-0.39, 0.29) is 0 Å². The summed E-state index contributed by atoms with van der Waals surface area (Å²) in [7, 11) is 0. The van der Waals surface area contributed by atoms with Gasteiger partial charge in [-0.15, -0.1) is 0 Å². The number of ether oxygens (including phenoxy) is 3. The van der Waals surface area contributed by atoms with Crippen molar-refractivity contribution in [2.45, 2.75) is 50.6 Å². The zero-order valence-electron chi connectivity index (χ0n) is 15.7. The minimum absolute atomic E-state index is 0.434. The molecule has 0 aromatic heterocycles. The van der Waals surface area contributed by atoms with Crippen LogP contribution in [0.3, 0.4) is 0 Å². The Labute approximate surface area is 165 Å². The smallest absolute Gasteiger partial charge is 0.198 e. The highest BCUT2D eigenvalue weighted by molar-refractivity contribution is 6.31. The molecule has 3 atom stereocenters. The Balaban J connectivity index is 1.60. The van der Waals surface area contributed by atoms with E-state index >= 15 is 0 Å². The van der Waals surface area contributed by atoms with Crippen molar-refractivity contribution in [3.05, 3.63) is 64.2 Å². The van der Waals surface area contributed by atoms with E-state index in [0.717, 1.165) is 22.4 Å². The summed E-state index contributed by atoms with van der Waals surface area (Å²) in [5.41, 5.74) is 2.63. The van der Waals surface area contributed by atoms with Gasteiger partial charge in [-0.2, -0.15) is 0 Å². The quantitative estimate of drug-likeness (QED) is 0.822. The predicted molar refractivity (Wildman–Crippen MR) is 104 cm³/mol. The number of aliphatic hydroxyl groups excluding tert-OH is 1. The maximum absolute atomic E-state index is 10.3. The van der Waals surface area contributed by atoms with E-state index in [1.54, 1.807) is 0 Å². The third kappa shape index (κ3) is 3.72. The fourth-order valence-corrected chi connectivity index (χ4v) is 4.29. The van der Waals surface area contributed by atoms with Crippen LogP contribution in [0, 0.1) is 0 Å². The van der Waals surface area contributed by atoms with E-state index in [4.69, 9.17) is 25.8 Å². The van der Waals surface area contributed by atoms with Crippen LogP contribution >= 0.6 is 11.6 Å². The first kappa shape index (κ1) is 18.8. The standard InChI is InChI=1S/C22H25ClO4/c1-3-25-19-7-4-15(5-8-19)10-16-11-17(6-9-20(16)23)22-13-18(24)12-21(2,27-22)14-26-22/h4-9,11,18,24H,3,10,12-14H2,1-2H3/t18-,21+,22+/m0/s1. The first-order valence-corrected chi connectivity index (χ1v) is 9.82. The van der Waals surface area contributed by atoms with Gasteiger partial charge in [-0.05, 0) is 55.7 Å². The number of benzene rings is 2. The summed E-state index contributed by atoms with van der Waals surface area (Å²) in [6.45, 7) is 5.10. The monoisotopic (exact) mass is 388 g/mol. The van der Waals surface area contributed by atoms with Crippen molar-refractivity contribution in [1.82, 2.24) is 0 Å². The van der Waals surface area contributed by atoms with Crippen LogP contribution in [0.5, 0.6) is 5.75 Å². The molecule has 0 saturated carbocycles. The van der Waals surface area contributed by atoms with Gasteiger partial charge in [-0.1, -0.05) is 29.8 Å². The van der Waals surface area contributed by atoms with Gasteiger partial charge in [0.1, 0.15) is 5.75 Å². The van der Waals surface area contributed by atoms with Gasteiger partial charge in [0.15, 0.2) is 5.79 Å². The van der Waals surface area contributed by atoms with Crippen LogP contribution in [0.1, 0.15) is 43.4 Å². The second-order valence-electron chi connectivity index (χ2n) is 7.72. The first-order valence-electron chi connectivity index (χ1n) is 9.44. The van der Waals surface area contributed by atoms with Gasteiger partial charge in [0.05, 0.1) is 24.9 Å². The molecule has 0 amide bonds. The zero-order chi connectivity index (χ0) is 19.1. The summed E-state index contributed by atoms with van der Waals surface area (Å²) >= 11 is 6.47. The Morgan fingerprint density at radius 1 is 1.19 bits per heavy atom. The molecule has 0 radical (unpaired) electrons. The molecular formula is C22H25ClO4. The van der Waals surface area contributed by atoms with Crippen molar-refractivity contribution in [2.75, 3.05) is 13.2 Å². The molecule has 5 heteroatoms. The van der Waals surface area contributed by atoms with Gasteiger partial charge in [0.2, 0.25) is 0 Å². The first-order chi connectivity index (χ1) is 12.9. The van der Waals surface area contributed by atoms with Crippen LogP contribution in [0.4, 0.5) is 0 Å². The van der Waals surface area contributed by atoms with Crippen molar-refractivity contribution >= 4 is 11.6 Å². The minimum atomic E-state index is -0.884. The maximum atomic E-state index is 10.3. The van der Waals surface area contributed by atoms with Gasteiger partial charge >= 0.3 is 0 Å². The van der Waals surface area contributed by atoms with Crippen molar-refractivity contribution in [1.29, 1.82) is 0 Å². The highest BCUT2D eigenvalue weighted by atomic mass is 35.5. The van der Waals surface area contributed by atoms with Crippen LogP contribution in [-0.2, 0) is 21.7 Å². The van der Waals surface area contributed by atoms with E-state index in [9.17, 15) is 5.11 Å². The molecule has 2 aliphatic rings. The average Bonchev–Trinajstić information content (AvgIpc) is 2.89. The molecule has 2 aromatic carbocycles. The Morgan fingerprint density at radius 2 is 1.96 bits per heavy atom. The van der Waals surface area contributed by atoms with Gasteiger partial charge in [0, 0.05) is 23.4 Å². The summed E-state index contributed by atoms with van der Waals surface area (Å²) in [5, 5.41) is 11.0. The lowest BCUT2D eigenvalue weighted by molar-refractivity contribution is -0.238. The fraction of sp³-hybridized carbons (Fsp3) is 0.455.